The Kier molecular flexibility index (Phi) is 5.46. The van der Waals surface area contributed by atoms with Gasteiger partial charge in [-0.2, -0.15) is 0 Å². The van der Waals surface area contributed by atoms with E-state index in [1.54, 1.807) is 0 Å². The van der Waals surface area contributed by atoms with Crippen LogP contribution in [0.15, 0.2) is 36.4 Å². The first kappa shape index (κ1) is 15.4. The van der Waals surface area contributed by atoms with E-state index in [0.29, 0.717) is 0 Å². The molecule has 2 aromatic rings. The number of ether oxygens (including phenoxy) is 1. The largest absolute Gasteiger partial charge is 0.483 e. The van der Waals surface area contributed by atoms with Crippen LogP contribution in [0.4, 0.5) is 0 Å². The van der Waals surface area contributed by atoms with E-state index in [1.807, 2.05) is 31.2 Å². The van der Waals surface area contributed by atoms with Crippen LogP contribution in [-0.2, 0) is 6.42 Å². The van der Waals surface area contributed by atoms with Crippen molar-refractivity contribution in [1.82, 2.24) is 0 Å². The van der Waals surface area contributed by atoms with Gasteiger partial charge in [-0.1, -0.05) is 37.1 Å². The van der Waals surface area contributed by atoms with E-state index in [0.717, 1.165) is 27.8 Å². The number of thiophene rings is 1. The molecule has 2 N–H and O–H groups in total. The van der Waals surface area contributed by atoms with Gasteiger partial charge in [0, 0.05) is 10.9 Å². The van der Waals surface area contributed by atoms with Gasteiger partial charge in [-0.05, 0) is 43.2 Å². The monoisotopic (exact) mass is 309 g/mol. The predicted molar refractivity (Wildman–Crippen MR) is 86.8 cm³/mol. The van der Waals surface area contributed by atoms with E-state index >= 15 is 0 Å². The van der Waals surface area contributed by atoms with E-state index in [-0.39, 0.29) is 12.1 Å². The molecule has 1 heterocycles. The van der Waals surface area contributed by atoms with Gasteiger partial charge < -0.3 is 10.5 Å². The molecule has 0 bridgehead atoms. The summed E-state index contributed by atoms with van der Waals surface area (Å²) in [7, 11) is 0. The van der Waals surface area contributed by atoms with Gasteiger partial charge in [0.15, 0.2) is 0 Å². The molecule has 20 heavy (non-hydrogen) atoms. The number of nitrogens with two attached hydrogens (primary N) is 1. The highest BCUT2D eigenvalue weighted by Crippen LogP contribution is 2.31. The summed E-state index contributed by atoms with van der Waals surface area (Å²) >= 11 is 7.50. The second-order valence-corrected chi connectivity index (χ2v) is 6.68. The summed E-state index contributed by atoms with van der Waals surface area (Å²) < 4.78 is 6.79. The molecule has 0 aliphatic heterocycles. The molecular formula is C16H20ClNOS. The van der Waals surface area contributed by atoms with Gasteiger partial charge in [0.1, 0.15) is 11.9 Å². The third-order valence-corrected chi connectivity index (χ3v) is 4.37. The Labute approximate surface area is 129 Å². The molecule has 1 aromatic carbocycles. The molecule has 108 valence electrons. The second kappa shape index (κ2) is 7.11. The van der Waals surface area contributed by atoms with Gasteiger partial charge in [-0.25, -0.2) is 0 Å². The molecule has 0 aliphatic carbocycles. The number of hydrogen-bond donors (Lipinski definition) is 1. The third-order valence-electron chi connectivity index (χ3n) is 3.08. The summed E-state index contributed by atoms with van der Waals surface area (Å²) in [4.78, 5) is 1.06. The summed E-state index contributed by atoms with van der Waals surface area (Å²) in [6.07, 6.45) is 2.08. The van der Waals surface area contributed by atoms with Crippen LogP contribution in [0, 0.1) is 0 Å². The van der Waals surface area contributed by atoms with Crippen LogP contribution in [0.25, 0.3) is 0 Å². The maximum atomic E-state index is 6.04. The zero-order valence-corrected chi connectivity index (χ0v) is 13.4. The minimum atomic E-state index is -0.162. The molecule has 0 saturated carbocycles. The Morgan fingerprint density at radius 3 is 2.40 bits per heavy atom. The normalized spacial score (nSPS) is 14.0. The van der Waals surface area contributed by atoms with Crippen molar-refractivity contribution in [1.29, 1.82) is 0 Å². The fourth-order valence-electron chi connectivity index (χ4n) is 2.08. The van der Waals surface area contributed by atoms with Crippen molar-refractivity contribution in [2.45, 2.75) is 38.8 Å². The van der Waals surface area contributed by atoms with Gasteiger partial charge in [0.05, 0.1) is 4.34 Å². The molecule has 0 radical (unpaired) electrons. The summed E-state index contributed by atoms with van der Waals surface area (Å²) in [5.41, 5.74) is 7.37. The van der Waals surface area contributed by atoms with E-state index in [4.69, 9.17) is 22.1 Å². The quantitative estimate of drug-likeness (QED) is 0.830. The molecule has 2 nitrogen and oxygen atoms in total. The van der Waals surface area contributed by atoms with Crippen molar-refractivity contribution in [3.05, 3.63) is 51.2 Å². The zero-order chi connectivity index (χ0) is 14.5. The minimum Gasteiger partial charge on any atom is -0.483 e. The van der Waals surface area contributed by atoms with Crippen molar-refractivity contribution in [2.75, 3.05) is 0 Å². The van der Waals surface area contributed by atoms with Crippen molar-refractivity contribution < 1.29 is 4.74 Å². The molecule has 2 atom stereocenters. The van der Waals surface area contributed by atoms with Gasteiger partial charge in [0.25, 0.3) is 0 Å². The number of halogens is 1. The molecule has 0 aliphatic rings. The van der Waals surface area contributed by atoms with Crippen molar-refractivity contribution in [3.63, 3.8) is 0 Å². The molecular weight excluding hydrogens is 290 g/mol. The minimum absolute atomic E-state index is 0.0972. The number of benzene rings is 1. The van der Waals surface area contributed by atoms with Crippen LogP contribution < -0.4 is 10.5 Å². The Balaban J connectivity index is 2.12. The highest BCUT2D eigenvalue weighted by atomic mass is 35.5. The Hall–Kier alpha value is -1.03. The van der Waals surface area contributed by atoms with Crippen LogP contribution >= 0.6 is 22.9 Å². The number of rotatable bonds is 6. The molecule has 4 heteroatoms. The fraction of sp³-hybridized carbons (Fsp3) is 0.375. The molecule has 0 spiro atoms. The lowest BCUT2D eigenvalue weighted by molar-refractivity contribution is 0.184. The van der Waals surface area contributed by atoms with Gasteiger partial charge in [-0.15, -0.1) is 11.3 Å². The van der Waals surface area contributed by atoms with Crippen molar-refractivity contribution in [3.8, 4) is 5.75 Å². The van der Waals surface area contributed by atoms with Crippen molar-refractivity contribution in [2.24, 2.45) is 5.73 Å². The van der Waals surface area contributed by atoms with Crippen molar-refractivity contribution >= 4 is 22.9 Å². The average Bonchev–Trinajstić information content (AvgIpc) is 2.84. The molecule has 0 saturated heterocycles. The first-order chi connectivity index (χ1) is 9.60. The maximum Gasteiger partial charge on any atom is 0.148 e. The van der Waals surface area contributed by atoms with Gasteiger partial charge in [0.2, 0.25) is 0 Å². The number of aryl methyl sites for hydroxylation is 1. The summed E-state index contributed by atoms with van der Waals surface area (Å²) in [6, 6.07) is 12.0. The van der Waals surface area contributed by atoms with E-state index in [9.17, 15) is 0 Å². The average molecular weight is 310 g/mol. The maximum absolute atomic E-state index is 6.04. The highest BCUT2D eigenvalue weighted by Gasteiger charge is 2.20. The predicted octanol–water partition coefficient (Wildman–Crippen LogP) is 4.82. The zero-order valence-electron chi connectivity index (χ0n) is 11.8. The summed E-state index contributed by atoms with van der Waals surface area (Å²) in [5, 5.41) is 0. The lowest BCUT2D eigenvalue weighted by atomic mass is 10.1. The third kappa shape index (κ3) is 3.98. The first-order valence-corrected chi connectivity index (χ1v) is 8.06. The highest BCUT2D eigenvalue weighted by molar-refractivity contribution is 7.16. The fourth-order valence-corrected chi connectivity index (χ4v) is 3.28. The SMILES string of the molecule is CCCc1ccc(OC(c2ccc(Cl)s2)C(C)N)cc1. The second-order valence-electron chi connectivity index (χ2n) is 4.93. The molecule has 2 rings (SSSR count). The molecule has 0 fully saturated rings. The topological polar surface area (TPSA) is 35.2 Å². The van der Waals surface area contributed by atoms with E-state index in [1.165, 1.54) is 16.9 Å². The van der Waals surface area contributed by atoms with Crippen LogP contribution in [-0.4, -0.2) is 6.04 Å². The number of hydrogen-bond acceptors (Lipinski definition) is 3. The van der Waals surface area contributed by atoms with E-state index in [2.05, 4.69) is 19.1 Å². The Morgan fingerprint density at radius 2 is 1.90 bits per heavy atom. The first-order valence-electron chi connectivity index (χ1n) is 6.86. The van der Waals surface area contributed by atoms with Crippen LogP contribution in [0.5, 0.6) is 5.75 Å². The Morgan fingerprint density at radius 1 is 1.20 bits per heavy atom. The smallest absolute Gasteiger partial charge is 0.148 e. The standard InChI is InChI=1S/C16H20ClNOS/c1-3-4-12-5-7-13(8-6-12)19-16(11(2)18)14-9-10-15(17)20-14/h5-11,16H,3-4,18H2,1-2H3. The lowest BCUT2D eigenvalue weighted by Gasteiger charge is -2.21. The molecule has 0 amide bonds. The van der Waals surface area contributed by atoms with Crippen LogP contribution in [0.3, 0.4) is 0 Å². The Bertz CT molecular complexity index is 536. The van der Waals surface area contributed by atoms with Gasteiger partial charge >= 0.3 is 0 Å². The van der Waals surface area contributed by atoms with Crippen LogP contribution in [0.2, 0.25) is 4.34 Å². The van der Waals surface area contributed by atoms with E-state index < -0.39 is 0 Å². The van der Waals surface area contributed by atoms with Crippen LogP contribution in [0.1, 0.15) is 36.8 Å². The summed E-state index contributed by atoms with van der Waals surface area (Å²) in [5.74, 6) is 0.844. The van der Waals surface area contributed by atoms with Gasteiger partial charge in [-0.3, -0.25) is 0 Å². The lowest BCUT2D eigenvalue weighted by Crippen LogP contribution is -2.28. The molecule has 1 aromatic heterocycles. The summed E-state index contributed by atoms with van der Waals surface area (Å²) in [6.45, 7) is 4.13. The molecule has 2 unspecified atom stereocenters.